The van der Waals surface area contributed by atoms with Crippen molar-refractivity contribution >= 4 is 28.6 Å². The summed E-state index contributed by atoms with van der Waals surface area (Å²) in [5.74, 6) is -1.49. The molecule has 3 aromatic rings. The molecular formula is C22H24N2O5. The summed E-state index contributed by atoms with van der Waals surface area (Å²) in [6.07, 6.45) is -0.991. The number of H-pyrrole nitrogens is 2. The van der Waals surface area contributed by atoms with Crippen LogP contribution < -0.4 is 0 Å². The van der Waals surface area contributed by atoms with Crippen molar-refractivity contribution in [1.82, 2.24) is 9.97 Å². The lowest BCUT2D eigenvalue weighted by atomic mass is 10.0. The molecule has 1 aromatic carbocycles. The van der Waals surface area contributed by atoms with Gasteiger partial charge in [0.25, 0.3) is 0 Å². The molecule has 7 heteroatoms. The van der Waals surface area contributed by atoms with Crippen molar-refractivity contribution in [2.45, 2.75) is 40.7 Å². The summed E-state index contributed by atoms with van der Waals surface area (Å²) in [6, 6.07) is 7.47. The number of nitrogens with one attached hydrogen (secondary N) is 2. The minimum absolute atomic E-state index is 0.140. The lowest BCUT2D eigenvalue weighted by molar-refractivity contribution is 0.0313. The number of hydrogen-bond acceptors (Lipinski definition) is 5. The van der Waals surface area contributed by atoms with E-state index in [9.17, 15) is 14.4 Å². The quantitative estimate of drug-likeness (QED) is 0.484. The minimum Gasteiger partial charge on any atom is -0.462 e. The number of aromatic amines is 2. The molecule has 0 aliphatic rings. The van der Waals surface area contributed by atoms with Gasteiger partial charge in [0.05, 0.1) is 12.2 Å². The fourth-order valence-corrected chi connectivity index (χ4v) is 3.53. The number of ketones is 1. The first-order valence-electron chi connectivity index (χ1n) is 9.45. The highest BCUT2D eigenvalue weighted by Crippen LogP contribution is 2.25. The lowest BCUT2D eigenvalue weighted by Crippen LogP contribution is -2.25. The Bertz CT molecular complexity index is 1110. The van der Waals surface area contributed by atoms with E-state index in [0.717, 1.165) is 16.6 Å². The molecule has 0 saturated carbocycles. The Balaban J connectivity index is 1.84. The predicted octanol–water partition coefficient (Wildman–Crippen LogP) is 4.03. The van der Waals surface area contributed by atoms with Crippen LogP contribution >= 0.6 is 0 Å². The topological polar surface area (TPSA) is 101 Å². The zero-order valence-electron chi connectivity index (χ0n) is 17.1. The molecule has 29 heavy (non-hydrogen) atoms. The number of carbonyl (C=O) groups excluding carboxylic acids is 3. The lowest BCUT2D eigenvalue weighted by Gasteiger charge is -2.12. The molecule has 0 amide bonds. The Morgan fingerprint density at radius 2 is 1.62 bits per heavy atom. The Labute approximate surface area is 168 Å². The van der Waals surface area contributed by atoms with E-state index in [2.05, 4.69) is 9.97 Å². The van der Waals surface area contributed by atoms with Gasteiger partial charge in [0, 0.05) is 27.9 Å². The largest absolute Gasteiger partial charge is 0.462 e. The Morgan fingerprint density at radius 1 is 0.966 bits per heavy atom. The summed E-state index contributed by atoms with van der Waals surface area (Å²) in [6.45, 7) is 8.62. The van der Waals surface area contributed by atoms with Gasteiger partial charge >= 0.3 is 11.9 Å². The van der Waals surface area contributed by atoms with Crippen LogP contribution in [0.4, 0.5) is 0 Å². The van der Waals surface area contributed by atoms with Crippen LogP contribution in [0.15, 0.2) is 24.3 Å². The molecule has 0 radical (unpaired) electrons. The van der Waals surface area contributed by atoms with Crippen molar-refractivity contribution < 1.29 is 23.9 Å². The second kappa shape index (κ2) is 7.95. The van der Waals surface area contributed by atoms with E-state index in [4.69, 9.17) is 9.47 Å². The van der Waals surface area contributed by atoms with Gasteiger partial charge in [-0.1, -0.05) is 18.2 Å². The van der Waals surface area contributed by atoms with Crippen molar-refractivity contribution in [3.63, 3.8) is 0 Å². The first-order chi connectivity index (χ1) is 13.8. The van der Waals surface area contributed by atoms with Gasteiger partial charge in [-0.2, -0.15) is 0 Å². The molecule has 0 spiro atoms. The summed E-state index contributed by atoms with van der Waals surface area (Å²) in [7, 11) is 0. The number of carbonyl (C=O) groups is 3. The number of aromatic nitrogens is 2. The maximum absolute atomic E-state index is 13.0. The van der Waals surface area contributed by atoms with Gasteiger partial charge in [-0.25, -0.2) is 9.59 Å². The number of para-hydroxylation sites is 1. The van der Waals surface area contributed by atoms with Crippen molar-refractivity contribution in [2.75, 3.05) is 6.61 Å². The minimum atomic E-state index is -0.991. The van der Waals surface area contributed by atoms with Crippen LogP contribution in [0, 0.1) is 20.8 Å². The highest BCUT2D eigenvalue weighted by Gasteiger charge is 2.28. The number of ether oxygens (including phenoxy) is 2. The molecule has 152 valence electrons. The highest BCUT2D eigenvalue weighted by atomic mass is 16.5. The van der Waals surface area contributed by atoms with Gasteiger partial charge in [0.15, 0.2) is 6.10 Å². The third-order valence-electron chi connectivity index (χ3n) is 4.91. The molecule has 1 atom stereocenters. The van der Waals surface area contributed by atoms with Crippen LogP contribution in [-0.2, 0) is 9.47 Å². The normalized spacial score (nSPS) is 12.0. The summed E-state index contributed by atoms with van der Waals surface area (Å²) in [5.41, 5.74) is 3.48. The van der Waals surface area contributed by atoms with Crippen LogP contribution in [-0.4, -0.2) is 40.4 Å². The molecule has 0 bridgehead atoms. The predicted molar refractivity (Wildman–Crippen MR) is 108 cm³/mol. The van der Waals surface area contributed by atoms with Crippen molar-refractivity contribution in [1.29, 1.82) is 0 Å². The standard InChI is InChI=1S/C22H24N2O5/c1-6-28-21(26)17-11(2)19(24-12(17)3)22(27)29-14(5)20(25)18-13(4)23-16-10-8-7-9-15(16)18/h7-10,14,23-24H,6H2,1-5H3. The van der Waals surface area contributed by atoms with Gasteiger partial charge in [-0.05, 0) is 46.2 Å². The van der Waals surface area contributed by atoms with Gasteiger partial charge < -0.3 is 19.4 Å². The van der Waals surface area contributed by atoms with Crippen LogP contribution in [0.1, 0.15) is 62.0 Å². The van der Waals surface area contributed by atoms with E-state index in [0.29, 0.717) is 22.4 Å². The SMILES string of the molecule is CCOC(=O)c1c(C)[nH]c(C(=O)OC(C)C(=O)c2c(C)[nH]c3ccccc23)c1C. The number of fused-ring (bicyclic) bond motifs is 1. The van der Waals surface area contributed by atoms with E-state index < -0.39 is 18.0 Å². The van der Waals surface area contributed by atoms with Gasteiger partial charge in [-0.3, -0.25) is 4.79 Å². The van der Waals surface area contributed by atoms with Gasteiger partial charge in [-0.15, -0.1) is 0 Å². The average molecular weight is 396 g/mol. The maximum atomic E-state index is 13.0. The van der Waals surface area contributed by atoms with Crippen LogP contribution in [0.3, 0.4) is 0 Å². The second-order valence-corrected chi connectivity index (χ2v) is 6.93. The summed E-state index contributed by atoms with van der Waals surface area (Å²) >= 11 is 0. The molecule has 0 aliphatic heterocycles. The summed E-state index contributed by atoms with van der Waals surface area (Å²) in [5, 5.41) is 0.786. The van der Waals surface area contributed by atoms with E-state index in [1.54, 1.807) is 27.7 Å². The molecule has 0 aliphatic carbocycles. The molecule has 3 rings (SSSR count). The first-order valence-corrected chi connectivity index (χ1v) is 9.45. The molecule has 2 N–H and O–H groups in total. The third-order valence-corrected chi connectivity index (χ3v) is 4.91. The van der Waals surface area contributed by atoms with Crippen LogP contribution in [0.25, 0.3) is 10.9 Å². The number of Topliss-reactive ketones (excluding diaryl/α,β-unsaturated/α-hetero) is 1. The monoisotopic (exact) mass is 396 g/mol. The van der Waals surface area contributed by atoms with E-state index >= 15 is 0 Å². The third kappa shape index (κ3) is 3.68. The van der Waals surface area contributed by atoms with E-state index in [1.165, 1.54) is 0 Å². The second-order valence-electron chi connectivity index (χ2n) is 6.93. The number of rotatable bonds is 6. The molecular weight excluding hydrogens is 372 g/mol. The smallest absolute Gasteiger partial charge is 0.355 e. The fraction of sp³-hybridized carbons (Fsp3) is 0.318. The number of benzene rings is 1. The highest BCUT2D eigenvalue weighted by molar-refractivity contribution is 6.11. The maximum Gasteiger partial charge on any atom is 0.355 e. The molecule has 7 nitrogen and oxygen atoms in total. The molecule has 1 unspecified atom stereocenters. The Morgan fingerprint density at radius 3 is 2.31 bits per heavy atom. The fourth-order valence-electron chi connectivity index (χ4n) is 3.53. The zero-order chi connectivity index (χ0) is 21.3. The van der Waals surface area contributed by atoms with Crippen molar-refractivity contribution in [3.8, 4) is 0 Å². The Kier molecular flexibility index (Phi) is 5.59. The molecule has 0 fully saturated rings. The summed E-state index contributed by atoms with van der Waals surface area (Å²) in [4.78, 5) is 43.8. The van der Waals surface area contributed by atoms with Gasteiger partial charge in [0.2, 0.25) is 5.78 Å². The summed E-state index contributed by atoms with van der Waals surface area (Å²) < 4.78 is 10.5. The van der Waals surface area contributed by atoms with E-state index in [-0.39, 0.29) is 18.1 Å². The molecule has 2 heterocycles. The molecule has 0 saturated heterocycles. The van der Waals surface area contributed by atoms with Crippen molar-refractivity contribution in [3.05, 3.63) is 58.0 Å². The van der Waals surface area contributed by atoms with Gasteiger partial charge in [0.1, 0.15) is 5.69 Å². The number of aryl methyl sites for hydroxylation is 2. The Hall–Kier alpha value is -3.35. The van der Waals surface area contributed by atoms with E-state index in [1.807, 2.05) is 31.2 Å². The number of hydrogen-bond donors (Lipinski definition) is 2. The van der Waals surface area contributed by atoms with Crippen LogP contribution in [0.2, 0.25) is 0 Å². The number of esters is 2. The molecule has 2 aromatic heterocycles. The van der Waals surface area contributed by atoms with Crippen LogP contribution in [0.5, 0.6) is 0 Å². The van der Waals surface area contributed by atoms with Crippen molar-refractivity contribution in [2.24, 2.45) is 0 Å². The first kappa shape index (κ1) is 20.4. The average Bonchev–Trinajstić information content (AvgIpc) is 3.16. The zero-order valence-corrected chi connectivity index (χ0v) is 17.1.